The molecule has 2 heterocycles. The summed E-state index contributed by atoms with van der Waals surface area (Å²) in [4.78, 5) is 42.5. The minimum atomic E-state index is -0.717. The van der Waals surface area contributed by atoms with E-state index in [0.717, 1.165) is 28.1 Å². The molecule has 4 rings (SSSR count). The van der Waals surface area contributed by atoms with Crippen molar-refractivity contribution in [1.82, 2.24) is 20.2 Å². The van der Waals surface area contributed by atoms with E-state index in [1.54, 1.807) is 23.6 Å². The molecule has 0 radical (unpaired) electrons. The number of hydrogen-bond acceptors (Lipinski definition) is 4. The molecular formula is C32H35N5O3. The SMILES string of the molecule is Cc1ccc(C)n1C(=O)c1cccc(-c2ccc(-c3cccc(NC(=O)C(C)NC(=O)NC(C)(C)C)c3)cc2)n1. The summed E-state index contributed by atoms with van der Waals surface area (Å²) in [5, 5.41) is 8.31. The molecule has 3 amide bonds. The summed E-state index contributed by atoms with van der Waals surface area (Å²) in [7, 11) is 0. The summed E-state index contributed by atoms with van der Waals surface area (Å²) in [6.45, 7) is 11.1. The molecular weight excluding hydrogens is 502 g/mol. The van der Waals surface area contributed by atoms with Crippen LogP contribution in [0.25, 0.3) is 22.4 Å². The monoisotopic (exact) mass is 537 g/mol. The van der Waals surface area contributed by atoms with Gasteiger partial charge < -0.3 is 16.0 Å². The molecule has 0 aliphatic heterocycles. The Balaban J connectivity index is 1.46. The van der Waals surface area contributed by atoms with Gasteiger partial charge in [0, 0.05) is 28.2 Å². The number of nitrogens with one attached hydrogen (secondary N) is 3. The minimum absolute atomic E-state index is 0.156. The number of rotatable bonds is 6. The van der Waals surface area contributed by atoms with Crippen LogP contribution in [-0.2, 0) is 4.79 Å². The number of pyridine rings is 1. The largest absolute Gasteiger partial charge is 0.334 e. The first-order valence-corrected chi connectivity index (χ1v) is 13.2. The fraction of sp³-hybridized carbons (Fsp3) is 0.250. The van der Waals surface area contributed by atoms with Crippen LogP contribution in [-0.4, -0.2) is 39.0 Å². The lowest BCUT2D eigenvalue weighted by molar-refractivity contribution is -0.117. The molecule has 0 aliphatic carbocycles. The molecule has 40 heavy (non-hydrogen) atoms. The highest BCUT2D eigenvalue weighted by atomic mass is 16.2. The van der Waals surface area contributed by atoms with Gasteiger partial charge in [-0.1, -0.05) is 42.5 Å². The Labute approximate surface area is 234 Å². The first kappa shape index (κ1) is 28.3. The van der Waals surface area contributed by atoms with E-state index in [1.807, 2.05) is 101 Å². The van der Waals surface area contributed by atoms with Crippen molar-refractivity contribution in [2.24, 2.45) is 0 Å². The zero-order chi connectivity index (χ0) is 29.0. The molecule has 4 aromatic rings. The number of anilines is 1. The van der Waals surface area contributed by atoms with Gasteiger partial charge in [-0.3, -0.25) is 14.2 Å². The maximum atomic E-state index is 13.1. The maximum absolute atomic E-state index is 13.1. The molecule has 8 heteroatoms. The first-order valence-electron chi connectivity index (χ1n) is 13.2. The van der Waals surface area contributed by atoms with Gasteiger partial charge in [0.25, 0.3) is 5.91 Å². The standard InChI is InChI=1S/C32H35N5O3/c1-20-13-14-21(2)37(20)30(39)28-12-8-11-27(35-28)24-17-15-23(16-18-24)25-9-7-10-26(19-25)34-29(38)22(3)33-31(40)36-32(4,5)6/h7-19,22H,1-6H3,(H,34,38)(H2,33,36,40). The van der Waals surface area contributed by atoms with Gasteiger partial charge in [0.2, 0.25) is 5.91 Å². The average Bonchev–Trinajstić information content (AvgIpc) is 3.25. The van der Waals surface area contributed by atoms with Crippen LogP contribution in [0.1, 0.15) is 49.6 Å². The second kappa shape index (κ2) is 11.6. The van der Waals surface area contributed by atoms with Gasteiger partial charge in [0.05, 0.1) is 5.69 Å². The third kappa shape index (κ3) is 6.83. The summed E-state index contributed by atoms with van der Waals surface area (Å²) in [5.41, 5.74) is 5.82. The van der Waals surface area contributed by atoms with Gasteiger partial charge in [-0.15, -0.1) is 0 Å². The van der Waals surface area contributed by atoms with Crippen molar-refractivity contribution in [2.75, 3.05) is 5.32 Å². The predicted molar refractivity (Wildman–Crippen MR) is 158 cm³/mol. The molecule has 3 N–H and O–H groups in total. The smallest absolute Gasteiger partial charge is 0.315 e. The van der Waals surface area contributed by atoms with Crippen molar-refractivity contribution in [1.29, 1.82) is 0 Å². The second-order valence-corrected chi connectivity index (χ2v) is 10.9. The van der Waals surface area contributed by atoms with E-state index in [-0.39, 0.29) is 11.8 Å². The van der Waals surface area contributed by atoms with Crippen LogP contribution in [0.4, 0.5) is 10.5 Å². The highest BCUT2D eigenvalue weighted by molar-refractivity contribution is 5.97. The van der Waals surface area contributed by atoms with Crippen LogP contribution in [0.3, 0.4) is 0 Å². The van der Waals surface area contributed by atoms with Gasteiger partial charge >= 0.3 is 6.03 Å². The van der Waals surface area contributed by atoms with E-state index in [1.165, 1.54) is 0 Å². The molecule has 0 bridgehead atoms. The fourth-order valence-electron chi connectivity index (χ4n) is 4.32. The van der Waals surface area contributed by atoms with Crippen LogP contribution in [0.15, 0.2) is 78.9 Å². The Morgan fingerprint density at radius 1 is 0.800 bits per heavy atom. The number of benzene rings is 2. The van der Waals surface area contributed by atoms with Crippen molar-refractivity contribution in [3.05, 3.63) is 95.9 Å². The van der Waals surface area contributed by atoms with E-state index in [2.05, 4.69) is 20.9 Å². The predicted octanol–water partition coefficient (Wildman–Crippen LogP) is 5.95. The zero-order valence-corrected chi connectivity index (χ0v) is 23.7. The van der Waals surface area contributed by atoms with Crippen molar-refractivity contribution < 1.29 is 14.4 Å². The number of carbonyl (C=O) groups excluding carboxylic acids is 3. The molecule has 0 saturated carbocycles. The summed E-state index contributed by atoms with van der Waals surface area (Å²) in [6.07, 6.45) is 0. The number of aryl methyl sites for hydroxylation is 2. The van der Waals surface area contributed by atoms with E-state index in [0.29, 0.717) is 17.1 Å². The van der Waals surface area contributed by atoms with Gasteiger partial charge in [-0.05, 0) is 89.1 Å². The maximum Gasteiger partial charge on any atom is 0.315 e. The van der Waals surface area contributed by atoms with Crippen LogP contribution in [0, 0.1) is 13.8 Å². The number of amides is 3. The van der Waals surface area contributed by atoms with Gasteiger partial charge in [0.1, 0.15) is 11.7 Å². The molecule has 2 aromatic carbocycles. The van der Waals surface area contributed by atoms with Crippen molar-refractivity contribution in [3.8, 4) is 22.4 Å². The van der Waals surface area contributed by atoms with Crippen LogP contribution >= 0.6 is 0 Å². The summed E-state index contributed by atoms with van der Waals surface area (Å²) in [5.74, 6) is -0.473. The van der Waals surface area contributed by atoms with E-state index < -0.39 is 17.6 Å². The van der Waals surface area contributed by atoms with Gasteiger partial charge in [-0.2, -0.15) is 0 Å². The summed E-state index contributed by atoms with van der Waals surface area (Å²) >= 11 is 0. The molecule has 1 atom stereocenters. The Morgan fingerprint density at radius 2 is 1.43 bits per heavy atom. The number of hydrogen-bond donors (Lipinski definition) is 3. The highest BCUT2D eigenvalue weighted by Crippen LogP contribution is 2.26. The Kier molecular flexibility index (Phi) is 8.18. The number of urea groups is 1. The van der Waals surface area contributed by atoms with Crippen molar-refractivity contribution in [2.45, 2.75) is 53.1 Å². The van der Waals surface area contributed by atoms with Gasteiger partial charge in [0.15, 0.2) is 0 Å². The Bertz CT molecular complexity index is 1530. The molecule has 2 aromatic heterocycles. The lowest BCUT2D eigenvalue weighted by atomic mass is 10.0. The molecule has 0 saturated heterocycles. The molecule has 206 valence electrons. The lowest BCUT2D eigenvalue weighted by Crippen LogP contribution is -2.51. The quantitative estimate of drug-likeness (QED) is 0.283. The molecule has 0 aliphatic rings. The Hall–Kier alpha value is -4.72. The molecule has 0 spiro atoms. The Morgan fingerprint density at radius 3 is 2.08 bits per heavy atom. The normalized spacial score (nSPS) is 11.9. The lowest BCUT2D eigenvalue weighted by Gasteiger charge is -2.22. The number of aromatic nitrogens is 2. The summed E-state index contributed by atoms with van der Waals surface area (Å²) < 4.78 is 1.67. The number of carbonyl (C=O) groups is 3. The van der Waals surface area contributed by atoms with Gasteiger partial charge in [-0.25, -0.2) is 9.78 Å². The van der Waals surface area contributed by atoms with E-state index >= 15 is 0 Å². The van der Waals surface area contributed by atoms with Crippen molar-refractivity contribution in [3.63, 3.8) is 0 Å². The topological polar surface area (TPSA) is 105 Å². The third-order valence-corrected chi connectivity index (χ3v) is 6.32. The third-order valence-electron chi connectivity index (χ3n) is 6.32. The average molecular weight is 538 g/mol. The summed E-state index contributed by atoms with van der Waals surface area (Å²) in [6, 6.07) is 23.6. The molecule has 0 fully saturated rings. The molecule has 1 unspecified atom stereocenters. The van der Waals surface area contributed by atoms with Crippen molar-refractivity contribution >= 4 is 23.5 Å². The first-order chi connectivity index (χ1) is 18.9. The zero-order valence-electron chi connectivity index (χ0n) is 23.7. The van der Waals surface area contributed by atoms with E-state index in [4.69, 9.17) is 0 Å². The fourth-order valence-corrected chi connectivity index (χ4v) is 4.32. The van der Waals surface area contributed by atoms with Crippen LogP contribution in [0.5, 0.6) is 0 Å². The minimum Gasteiger partial charge on any atom is -0.334 e. The van der Waals surface area contributed by atoms with Crippen LogP contribution < -0.4 is 16.0 Å². The highest BCUT2D eigenvalue weighted by Gasteiger charge is 2.19. The van der Waals surface area contributed by atoms with E-state index in [9.17, 15) is 14.4 Å². The number of nitrogens with zero attached hydrogens (tertiary/aromatic N) is 2. The van der Waals surface area contributed by atoms with Crippen LogP contribution in [0.2, 0.25) is 0 Å². The molecule has 8 nitrogen and oxygen atoms in total. The second-order valence-electron chi connectivity index (χ2n) is 10.9.